The predicted octanol–water partition coefficient (Wildman–Crippen LogP) is 2.84. The van der Waals surface area contributed by atoms with Gasteiger partial charge >= 0.3 is 0 Å². The van der Waals surface area contributed by atoms with Crippen molar-refractivity contribution in [1.29, 1.82) is 0 Å². The number of nitrogens with one attached hydrogen (secondary N) is 2. The van der Waals surface area contributed by atoms with Gasteiger partial charge in [0.25, 0.3) is 0 Å². The monoisotopic (exact) mass is 337 g/mol. The summed E-state index contributed by atoms with van der Waals surface area (Å²) < 4.78 is 0. The zero-order valence-electron chi connectivity index (χ0n) is 13.2. The largest absolute Gasteiger partial charge is 0.330 e. The first-order chi connectivity index (χ1) is 10.6. The molecule has 4 N–H and O–H groups in total. The quantitative estimate of drug-likeness (QED) is 0.789. The summed E-state index contributed by atoms with van der Waals surface area (Å²) in [4.78, 5) is 23.7. The van der Waals surface area contributed by atoms with Gasteiger partial charge in [0.05, 0.1) is 6.42 Å². The number of benzene rings is 1. The molecule has 1 fully saturated rings. The Morgan fingerprint density at radius 3 is 2.70 bits per heavy atom. The van der Waals surface area contributed by atoms with Crippen LogP contribution in [-0.2, 0) is 16.0 Å². The van der Waals surface area contributed by atoms with Crippen molar-refractivity contribution in [2.75, 3.05) is 17.2 Å². The maximum absolute atomic E-state index is 12.4. The summed E-state index contributed by atoms with van der Waals surface area (Å²) in [6.07, 6.45) is 6.52. The van der Waals surface area contributed by atoms with Crippen LogP contribution >= 0.6 is 12.4 Å². The molecule has 1 aromatic rings. The van der Waals surface area contributed by atoms with Crippen LogP contribution in [0.1, 0.15) is 44.1 Å². The van der Waals surface area contributed by atoms with E-state index < -0.39 is 0 Å². The Bertz CT molecular complexity index is 598. The number of hydrogen-bond donors (Lipinski definition) is 3. The molecule has 23 heavy (non-hydrogen) atoms. The summed E-state index contributed by atoms with van der Waals surface area (Å²) in [6, 6.07) is 5.55. The molecule has 0 spiro atoms. The molecule has 1 aromatic carbocycles. The predicted molar refractivity (Wildman–Crippen MR) is 93.8 cm³/mol. The fourth-order valence-corrected chi connectivity index (χ4v) is 3.61. The third-order valence-corrected chi connectivity index (χ3v) is 4.90. The minimum Gasteiger partial charge on any atom is -0.330 e. The van der Waals surface area contributed by atoms with Crippen LogP contribution in [0, 0.1) is 5.41 Å². The second-order valence-electron chi connectivity index (χ2n) is 6.59. The lowest BCUT2D eigenvalue weighted by Crippen LogP contribution is -2.36. The van der Waals surface area contributed by atoms with Crippen LogP contribution in [0.2, 0.25) is 0 Å². The lowest BCUT2D eigenvalue weighted by Gasteiger charge is -2.35. The fourth-order valence-electron chi connectivity index (χ4n) is 3.61. The standard InChI is InChI=1S/C17H23N3O2.ClH/c18-11-17(6-2-1-3-7-17)10-16(22)19-13-4-5-14-12(8-13)9-15(21)20-14;/h4-5,8H,1-3,6-7,9-11,18H2,(H,19,22)(H,20,21);1H. The highest BCUT2D eigenvalue weighted by atomic mass is 35.5. The van der Waals surface area contributed by atoms with E-state index in [4.69, 9.17) is 5.73 Å². The van der Waals surface area contributed by atoms with Gasteiger partial charge in [-0.15, -0.1) is 12.4 Å². The first-order valence-corrected chi connectivity index (χ1v) is 8.03. The molecule has 0 radical (unpaired) electrons. The highest BCUT2D eigenvalue weighted by Crippen LogP contribution is 2.38. The Labute approximate surface area is 142 Å². The van der Waals surface area contributed by atoms with Gasteiger partial charge in [-0.2, -0.15) is 0 Å². The fraction of sp³-hybridized carbons (Fsp3) is 0.529. The number of carbonyl (C=O) groups is 2. The molecule has 2 aliphatic rings. The van der Waals surface area contributed by atoms with Gasteiger partial charge in [-0.1, -0.05) is 19.3 Å². The molecule has 1 aliphatic carbocycles. The number of nitrogens with two attached hydrogens (primary N) is 1. The molecular weight excluding hydrogens is 314 g/mol. The molecule has 2 amide bonds. The lowest BCUT2D eigenvalue weighted by molar-refractivity contribution is -0.119. The SMILES string of the molecule is Cl.NCC1(CC(=O)Nc2ccc3c(c2)CC(=O)N3)CCCCC1. The molecular formula is C17H24ClN3O2. The van der Waals surface area contributed by atoms with Crippen molar-refractivity contribution >= 4 is 35.6 Å². The van der Waals surface area contributed by atoms with Crippen molar-refractivity contribution in [3.8, 4) is 0 Å². The van der Waals surface area contributed by atoms with E-state index in [1.165, 1.54) is 6.42 Å². The molecule has 0 bridgehead atoms. The number of fused-ring (bicyclic) bond motifs is 1. The summed E-state index contributed by atoms with van der Waals surface area (Å²) in [6.45, 7) is 0.572. The maximum atomic E-state index is 12.4. The van der Waals surface area contributed by atoms with Crippen molar-refractivity contribution < 1.29 is 9.59 Å². The van der Waals surface area contributed by atoms with E-state index in [0.29, 0.717) is 19.4 Å². The third kappa shape index (κ3) is 4.03. The molecule has 0 atom stereocenters. The first-order valence-electron chi connectivity index (χ1n) is 8.03. The minimum absolute atomic E-state index is 0. The molecule has 1 saturated carbocycles. The van der Waals surface area contributed by atoms with Crippen molar-refractivity contribution in [1.82, 2.24) is 0 Å². The molecule has 6 heteroatoms. The molecule has 5 nitrogen and oxygen atoms in total. The van der Waals surface area contributed by atoms with Crippen LogP contribution < -0.4 is 16.4 Å². The van der Waals surface area contributed by atoms with Crippen molar-refractivity contribution in [2.24, 2.45) is 11.1 Å². The summed E-state index contributed by atoms with van der Waals surface area (Å²) in [5, 5.41) is 5.75. The lowest BCUT2D eigenvalue weighted by atomic mass is 9.71. The zero-order chi connectivity index (χ0) is 15.6. The smallest absolute Gasteiger partial charge is 0.228 e. The summed E-state index contributed by atoms with van der Waals surface area (Å²) in [5.41, 5.74) is 8.45. The minimum atomic E-state index is -0.0312. The van der Waals surface area contributed by atoms with E-state index in [-0.39, 0.29) is 29.6 Å². The summed E-state index contributed by atoms with van der Waals surface area (Å²) in [5.74, 6) is 0.0207. The van der Waals surface area contributed by atoms with Crippen LogP contribution in [0.5, 0.6) is 0 Å². The molecule has 1 aliphatic heterocycles. The summed E-state index contributed by atoms with van der Waals surface area (Å²) in [7, 11) is 0. The second-order valence-corrected chi connectivity index (χ2v) is 6.59. The van der Waals surface area contributed by atoms with E-state index in [9.17, 15) is 9.59 Å². The topological polar surface area (TPSA) is 84.2 Å². The highest BCUT2D eigenvalue weighted by molar-refractivity contribution is 6.00. The van der Waals surface area contributed by atoms with Crippen LogP contribution in [0.4, 0.5) is 11.4 Å². The molecule has 0 aromatic heterocycles. The number of rotatable bonds is 4. The van der Waals surface area contributed by atoms with Gasteiger partial charge in [0.1, 0.15) is 0 Å². The number of amides is 2. The average Bonchev–Trinajstić information content (AvgIpc) is 2.87. The van der Waals surface area contributed by atoms with E-state index in [1.54, 1.807) is 0 Å². The second kappa shape index (κ2) is 7.32. The van der Waals surface area contributed by atoms with Gasteiger partial charge in [-0.3, -0.25) is 9.59 Å². The normalized spacial score (nSPS) is 18.6. The molecule has 0 saturated heterocycles. The van der Waals surface area contributed by atoms with Crippen LogP contribution in [0.25, 0.3) is 0 Å². The van der Waals surface area contributed by atoms with E-state index in [0.717, 1.165) is 42.6 Å². The van der Waals surface area contributed by atoms with Gasteiger partial charge in [0, 0.05) is 17.8 Å². The summed E-state index contributed by atoms with van der Waals surface area (Å²) >= 11 is 0. The number of anilines is 2. The molecule has 3 rings (SSSR count). The zero-order valence-corrected chi connectivity index (χ0v) is 14.0. The number of carbonyl (C=O) groups excluding carboxylic acids is 2. The van der Waals surface area contributed by atoms with Crippen LogP contribution in [-0.4, -0.2) is 18.4 Å². The molecule has 0 unspecified atom stereocenters. The van der Waals surface area contributed by atoms with Crippen molar-refractivity contribution in [2.45, 2.75) is 44.9 Å². The van der Waals surface area contributed by atoms with Gasteiger partial charge in [0.2, 0.25) is 11.8 Å². The van der Waals surface area contributed by atoms with E-state index >= 15 is 0 Å². The van der Waals surface area contributed by atoms with Crippen molar-refractivity contribution in [3.63, 3.8) is 0 Å². The highest BCUT2D eigenvalue weighted by Gasteiger charge is 2.33. The molecule has 1 heterocycles. The van der Waals surface area contributed by atoms with E-state index in [1.807, 2.05) is 18.2 Å². The van der Waals surface area contributed by atoms with Gasteiger partial charge in [-0.05, 0) is 48.6 Å². The maximum Gasteiger partial charge on any atom is 0.228 e. The Hall–Kier alpha value is -1.59. The Morgan fingerprint density at radius 2 is 2.00 bits per heavy atom. The van der Waals surface area contributed by atoms with E-state index in [2.05, 4.69) is 10.6 Å². The Kier molecular flexibility index (Phi) is 5.65. The third-order valence-electron chi connectivity index (χ3n) is 4.90. The van der Waals surface area contributed by atoms with Crippen molar-refractivity contribution in [3.05, 3.63) is 23.8 Å². The van der Waals surface area contributed by atoms with Gasteiger partial charge in [0.15, 0.2) is 0 Å². The number of halogens is 1. The van der Waals surface area contributed by atoms with Gasteiger partial charge < -0.3 is 16.4 Å². The Morgan fingerprint density at radius 1 is 1.26 bits per heavy atom. The molecule has 126 valence electrons. The van der Waals surface area contributed by atoms with Crippen LogP contribution in [0.3, 0.4) is 0 Å². The van der Waals surface area contributed by atoms with Gasteiger partial charge in [-0.25, -0.2) is 0 Å². The number of hydrogen-bond acceptors (Lipinski definition) is 3. The average molecular weight is 338 g/mol. The Balaban J connectivity index is 0.00000192. The first kappa shape index (κ1) is 17.8. The van der Waals surface area contributed by atoms with Crippen LogP contribution in [0.15, 0.2) is 18.2 Å².